The lowest BCUT2D eigenvalue weighted by atomic mass is 9.78. The van der Waals surface area contributed by atoms with E-state index in [9.17, 15) is 17.8 Å². The van der Waals surface area contributed by atoms with Gasteiger partial charge in [-0.3, -0.25) is 4.55 Å². The van der Waals surface area contributed by atoms with E-state index < -0.39 is 31.6 Å². The third-order valence-corrected chi connectivity index (χ3v) is 6.84. The van der Waals surface area contributed by atoms with E-state index in [4.69, 9.17) is 32.7 Å². The fourth-order valence-corrected chi connectivity index (χ4v) is 5.42. The Labute approximate surface area is 175 Å². The van der Waals surface area contributed by atoms with Gasteiger partial charge in [0.25, 0.3) is 10.1 Å². The van der Waals surface area contributed by atoms with Gasteiger partial charge in [0, 0.05) is 16.7 Å². The number of hydrogen-bond acceptors (Lipinski definition) is 5. The van der Waals surface area contributed by atoms with Crippen molar-refractivity contribution in [3.05, 3.63) is 86.9 Å². The second-order valence-electron chi connectivity index (χ2n) is 6.56. The van der Waals surface area contributed by atoms with Gasteiger partial charge in [0.2, 0.25) is 0 Å². The molecular formula is C20H10Cl2O6S. The molecule has 0 bridgehead atoms. The Balaban J connectivity index is 1.98. The molecule has 6 nitrogen and oxygen atoms in total. The molecule has 1 N–H and O–H groups in total. The fraction of sp³-hybridized carbons (Fsp3) is 0.0500. The van der Waals surface area contributed by atoms with Crippen molar-refractivity contribution in [3.8, 4) is 11.5 Å². The summed E-state index contributed by atoms with van der Waals surface area (Å²) < 4.78 is 45.7. The molecule has 2 aliphatic heterocycles. The molecule has 0 unspecified atom stereocenters. The first-order valence-corrected chi connectivity index (χ1v) is 10.5. The summed E-state index contributed by atoms with van der Waals surface area (Å²) in [6, 6.07) is 15.2. The zero-order valence-corrected chi connectivity index (χ0v) is 16.7. The zero-order chi connectivity index (χ0) is 20.6. The topological polar surface area (TPSA) is 89.9 Å². The minimum Gasteiger partial charge on any atom is -0.456 e. The number of benzene rings is 3. The van der Waals surface area contributed by atoms with Crippen LogP contribution >= 0.6 is 23.2 Å². The maximum atomic E-state index is 12.9. The first kappa shape index (κ1) is 18.4. The number of halogens is 2. The summed E-state index contributed by atoms with van der Waals surface area (Å²) in [6.45, 7) is 0. The molecule has 29 heavy (non-hydrogen) atoms. The molecule has 0 saturated carbocycles. The zero-order valence-electron chi connectivity index (χ0n) is 14.3. The lowest BCUT2D eigenvalue weighted by molar-refractivity contribution is 0.0222. The van der Waals surface area contributed by atoms with Crippen molar-refractivity contribution in [2.24, 2.45) is 0 Å². The average molecular weight is 449 g/mol. The van der Waals surface area contributed by atoms with Gasteiger partial charge in [-0.1, -0.05) is 59.6 Å². The highest BCUT2D eigenvalue weighted by atomic mass is 35.5. The molecule has 5 rings (SSSR count). The molecule has 0 aliphatic carbocycles. The van der Waals surface area contributed by atoms with Crippen LogP contribution < -0.4 is 4.74 Å². The predicted octanol–water partition coefficient (Wildman–Crippen LogP) is 4.81. The van der Waals surface area contributed by atoms with Crippen molar-refractivity contribution in [1.82, 2.24) is 0 Å². The number of hydrogen-bond donors (Lipinski definition) is 1. The number of carbonyl (C=O) groups excluding carboxylic acids is 1. The van der Waals surface area contributed by atoms with E-state index in [0.29, 0.717) is 22.6 Å². The molecular weight excluding hydrogens is 439 g/mol. The van der Waals surface area contributed by atoms with Crippen molar-refractivity contribution in [2.45, 2.75) is 10.5 Å². The molecule has 3 aromatic carbocycles. The third-order valence-electron chi connectivity index (χ3n) is 5.02. The highest BCUT2D eigenvalue weighted by molar-refractivity contribution is 7.86. The minimum absolute atomic E-state index is 0.142. The summed E-state index contributed by atoms with van der Waals surface area (Å²) in [4.78, 5) is 12.2. The summed E-state index contributed by atoms with van der Waals surface area (Å²) >= 11 is 12.3. The fourth-order valence-electron chi connectivity index (χ4n) is 3.93. The van der Waals surface area contributed by atoms with Crippen LogP contribution in [-0.4, -0.2) is 18.9 Å². The van der Waals surface area contributed by atoms with Crippen LogP contribution in [0.5, 0.6) is 11.5 Å². The van der Waals surface area contributed by atoms with Crippen LogP contribution in [0.4, 0.5) is 0 Å². The van der Waals surface area contributed by atoms with Crippen molar-refractivity contribution < 1.29 is 27.2 Å². The Morgan fingerprint density at radius 3 is 2.00 bits per heavy atom. The van der Waals surface area contributed by atoms with Gasteiger partial charge >= 0.3 is 5.97 Å². The van der Waals surface area contributed by atoms with Crippen LogP contribution in [0.15, 0.2) is 59.5 Å². The van der Waals surface area contributed by atoms with E-state index in [0.717, 1.165) is 0 Å². The highest BCUT2D eigenvalue weighted by Crippen LogP contribution is 2.57. The van der Waals surface area contributed by atoms with E-state index >= 15 is 0 Å². The molecule has 0 fully saturated rings. The molecule has 0 aromatic heterocycles. The Kier molecular flexibility index (Phi) is 3.79. The van der Waals surface area contributed by atoms with E-state index in [-0.39, 0.29) is 16.1 Å². The molecule has 3 aromatic rings. The number of rotatable bonds is 1. The SMILES string of the molecule is O=C1OC2(c3ccccc3Oc3ccccc32)c2cc(Cl)c(Cl)c(S(=O)(=O)O)c21. The molecule has 2 aliphatic rings. The maximum Gasteiger partial charge on any atom is 0.341 e. The summed E-state index contributed by atoms with van der Waals surface area (Å²) in [6.07, 6.45) is 0. The Bertz CT molecular complexity index is 1290. The summed E-state index contributed by atoms with van der Waals surface area (Å²) in [7, 11) is -4.87. The van der Waals surface area contributed by atoms with Crippen LogP contribution in [0, 0.1) is 0 Å². The summed E-state index contributed by atoms with van der Waals surface area (Å²) in [5.41, 5.74) is -0.719. The molecule has 0 radical (unpaired) electrons. The Morgan fingerprint density at radius 1 is 0.897 bits per heavy atom. The van der Waals surface area contributed by atoms with Crippen LogP contribution in [-0.2, 0) is 20.5 Å². The smallest absolute Gasteiger partial charge is 0.341 e. The standard InChI is InChI=1S/C20H10Cl2O6S/c21-13-9-12-16(18(17(13)22)29(24,25)26)19(23)28-20(12)10-5-1-3-7-14(10)27-15-8-4-2-6-11(15)20/h1-9H,(H,24,25,26). The Morgan fingerprint density at radius 2 is 1.45 bits per heavy atom. The predicted molar refractivity (Wildman–Crippen MR) is 105 cm³/mol. The van der Waals surface area contributed by atoms with Crippen LogP contribution in [0.1, 0.15) is 27.0 Å². The van der Waals surface area contributed by atoms with Crippen molar-refractivity contribution in [3.63, 3.8) is 0 Å². The summed E-state index contributed by atoms with van der Waals surface area (Å²) in [5.74, 6) is -0.0737. The lowest BCUT2D eigenvalue weighted by Crippen LogP contribution is -2.32. The first-order chi connectivity index (χ1) is 13.7. The van der Waals surface area contributed by atoms with Gasteiger partial charge < -0.3 is 9.47 Å². The monoisotopic (exact) mass is 448 g/mol. The summed E-state index contributed by atoms with van der Waals surface area (Å²) in [5, 5.41) is -0.590. The number of esters is 1. The molecule has 9 heteroatoms. The largest absolute Gasteiger partial charge is 0.456 e. The second kappa shape index (κ2) is 5.96. The lowest BCUT2D eigenvalue weighted by Gasteiger charge is -2.36. The van der Waals surface area contributed by atoms with Crippen LogP contribution in [0.2, 0.25) is 10.0 Å². The van der Waals surface area contributed by atoms with Gasteiger partial charge in [0.15, 0.2) is 5.60 Å². The van der Waals surface area contributed by atoms with Gasteiger partial charge in [0.05, 0.1) is 15.6 Å². The van der Waals surface area contributed by atoms with Crippen molar-refractivity contribution in [1.29, 1.82) is 0 Å². The molecule has 0 saturated heterocycles. The maximum absolute atomic E-state index is 12.9. The number of ether oxygens (including phenoxy) is 2. The number of carbonyl (C=O) groups is 1. The molecule has 146 valence electrons. The highest BCUT2D eigenvalue weighted by Gasteiger charge is 2.55. The average Bonchev–Trinajstić information content (AvgIpc) is 2.95. The van der Waals surface area contributed by atoms with Crippen molar-refractivity contribution >= 4 is 39.3 Å². The minimum atomic E-state index is -4.87. The second-order valence-corrected chi connectivity index (χ2v) is 8.71. The van der Waals surface area contributed by atoms with Gasteiger partial charge in [0.1, 0.15) is 16.4 Å². The molecule has 2 heterocycles. The normalized spacial score (nSPS) is 15.9. The molecule has 0 amide bonds. The quantitative estimate of drug-likeness (QED) is 0.424. The van der Waals surface area contributed by atoms with Crippen molar-refractivity contribution in [2.75, 3.05) is 0 Å². The molecule has 0 atom stereocenters. The van der Waals surface area contributed by atoms with Crippen LogP contribution in [0.3, 0.4) is 0 Å². The van der Waals surface area contributed by atoms with Gasteiger partial charge in [-0.15, -0.1) is 0 Å². The van der Waals surface area contributed by atoms with Gasteiger partial charge in [-0.2, -0.15) is 8.42 Å². The first-order valence-electron chi connectivity index (χ1n) is 8.35. The number of para-hydroxylation sites is 2. The third kappa shape index (κ3) is 2.39. The van der Waals surface area contributed by atoms with Gasteiger partial charge in [-0.25, -0.2) is 4.79 Å². The number of fused-ring (bicyclic) bond motifs is 6. The van der Waals surface area contributed by atoms with E-state index in [1.807, 2.05) is 0 Å². The Hall–Kier alpha value is -2.58. The van der Waals surface area contributed by atoms with E-state index in [2.05, 4.69) is 0 Å². The van der Waals surface area contributed by atoms with E-state index in [1.54, 1.807) is 48.5 Å². The molecule has 1 spiro atoms. The van der Waals surface area contributed by atoms with E-state index in [1.165, 1.54) is 6.07 Å². The van der Waals surface area contributed by atoms with Gasteiger partial charge in [-0.05, 0) is 18.2 Å². The van der Waals surface area contributed by atoms with Crippen LogP contribution in [0.25, 0.3) is 0 Å².